The number of ether oxygens (including phenoxy) is 2. The minimum Gasteiger partial charge on any atom is -0.454 e. The van der Waals surface area contributed by atoms with Crippen LogP contribution in [-0.4, -0.2) is 30.1 Å². The summed E-state index contributed by atoms with van der Waals surface area (Å²) in [5.41, 5.74) is 4.60. The number of fused-ring (bicyclic) bond motifs is 5. The monoisotopic (exact) mass is 426 g/mol. The second-order valence-corrected chi connectivity index (χ2v) is 8.36. The Morgan fingerprint density at radius 3 is 2.66 bits per heavy atom. The van der Waals surface area contributed by atoms with Crippen molar-refractivity contribution in [1.82, 2.24) is 10.2 Å². The first-order valence-corrected chi connectivity index (χ1v) is 10.8. The molecule has 2 amide bonds. The van der Waals surface area contributed by atoms with Crippen LogP contribution in [0.3, 0.4) is 0 Å². The molecule has 6 heteroatoms. The van der Waals surface area contributed by atoms with Gasteiger partial charge in [-0.15, -0.1) is 0 Å². The molecule has 0 spiro atoms. The van der Waals surface area contributed by atoms with E-state index in [1.54, 1.807) is 0 Å². The third-order valence-corrected chi connectivity index (χ3v) is 6.62. The topological polar surface area (TPSA) is 67.9 Å². The standard InChI is InChI=1S/C26H22N2O4/c29-25(27-14-16-9-10-21-22(13-16)32-15-31-21)23-19-7-3-4-8-20(19)26(30)28-12-11-17-5-1-2-6-18(17)24(23)28/h1-10,13,23-24H,11-12,14-15H2,(H,27,29)/t23-,24+/m0/s1. The van der Waals surface area contributed by atoms with Gasteiger partial charge in [-0.05, 0) is 46.9 Å². The van der Waals surface area contributed by atoms with Crippen LogP contribution in [0, 0.1) is 0 Å². The number of carbonyl (C=O) groups excluding carboxylic acids is 2. The Labute approximate surface area is 185 Å². The Kier molecular flexibility index (Phi) is 4.38. The smallest absolute Gasteiger partial charge is 0.254 e. The van der Waals surface area contributed by atoms with Crippen LogP contribution in [0.15, 0.2) is 66.7 Å². The largest absolute Gasteiger partial charge is 0.454 e. The third-order valence-electron chi connectivity index (χ3n) is 6.62. The van der Waals surface area contributed by atoms with Crippen molar-refractivity contribution in [3.63, 3.8) is 0 Å². The highest BCUT2D eigenvalue weighted by Crippen LogP contribution is 2.46. The lowest BCUT2D eigenvalue weighted by Gasteiger charge is -2.45. The van der Waals surface area contributed by atoms with Crippen molar-refractivity contribution >= 4 is 11.8 Å². The molecule has 0 unspecified atom stereocenters. The molecule has 6 nitrogen and oxygen atoms in total. The Bertz CT molecular complexity index is 1240. The molecule has 0 aromatic heterocycles. The lowest BCUT2D eigenvalue weighted by Crippen LogP contribution is -2.50. The molecule has 0 fully saturated rings. The van der Waals surface area contributed by atoms with E-state index in [1.807, 2.05) is 65.6 Å². The van der Waals surface area contributed by atoms with Gasteiger partial charge in [-0.25, -0.2) is 0 Å². The molecular formula is C26H22N2O4. The Balaban J connectivity index is 1.35. The quantitative estimate of drug-likeness (QED) is 0.695. The molecule has 0 radical (unpaired) electrons. The van der Waals surface area contributed by atoms with Gasteiger partial charge in [0.25, 0.3) is 5.91 Å². The van der Waals surface area contributed by atoms with E-state index in [9.17, 15) is 9.59 Å². The molecule has 32 heavy (non-hydrogen) atoms. The van der Waals surface area contributed by atoms with E-state index in [2.05, 4.69) is 11.4 Å². The summed E-state index contributed by atoms with van der Waals surface area (Å²) in [5.74, 6) is 0.848. The van der Waals surface area contributed by atoms with Crippen molar-refractivity contribution in [2.24, 2.45) is 0 Å². The van der Waals surface area contributed by atoms with Gasteiger partial charge in [0.05, 0.1) is 12.0 Å². The van der Waals surface area contributed by atoms with E-state index in [4.69, 9.17) is 9.47 Å². The molecule has 3 aromatic carbocycles. The first kappa shape index (κ1) is 18.9. The summed E-state index contributed by atoms with van der Waals surface area (Å²) in [5, 5.41) is 3.11. The zero-order chi connectivity index (χ0) is 21.7. The van der Waals surface area contributed by atoms with Gasteiger partial charge >= 0.3 is 0 Å². The van der Waals surface area contributed by atoms with Gasteiger partial charge in [-0.3, -0.25) is 9.59 Å². The van der Waals surface area contributed by atoms with Crippen LogP contribution in [0.25, 0.3) is 0 Å². The van der Waals surface area contributed by atoms with Gasteiger partial charge in [-0.1, -0.05) is 48.5 Å². The summed E-state index contributed by atoms with van der Waals surface area (Å²) in [6.07, 6.45) is 0.798. The number of carbonyl (C=O) groups is 2. The number of hydrogen-bond acceptors (Lipinski definition) is 4. The molecule has 3 aromatic rings. The van der Waals surface area contributed by atoms with Crippen LogP contribution < -0.4 is 14.8 Å². The first-order valence-electron chi connectivity index (χ1n) is 10.8. The molecule has 160 valence electrons. The average molecular weight is 426 g/mol. The fraction of sp³-hybridized carbons (Fsp3) is 0.231. The normalized spacial score (nSPS) is 20.2. The van der Waals surface area contributed by atoms with E-state index >= 15 is 0 Å². The molecule has 3 heterocycles. The number of hydrogen-bond donors (Lipinski definition) is 1. The zero-order valence-corrected chi connectivity index (χ0v) is 17.4. The maximum Gasteiger partial charge on any atom is 0.254 e. The van der Waals surface area contributed by atoms with Crippen molar-refractivity contribution < 1.29 is 19.1 Å². The summed E-state index contributed by atoms with van der Waals surface area (Å²) in [6.45, 7) is 1.20. The second kappa shape index (κ2) is 7.41. The van der Waals surface area contributed by atoms with E-state index in [0.717, 1.165) is 23.1 Å². The van der Waals surface area contributed by atoms with Gasteiger partial charge in [0, 0.05) is 18.7 Å². The molecule has 3 aliphatic rings. The van der Waals surface area contributed by atoms with Gasteiger partial charge < -0.3 is 19.7 Å². The van der Waals surface area contributed by atoms with Crippen LogP contribution in [0.4, 0.5) is 0 Å². The summed E-state index contributed by atoms with van der Waals surface area (Å²) < 4.78 is 10.8. The van der Waals surface area contributed by atoms with Crippen LogP contribution in [0.1, 0.15) is 44.6 Å². The van der Waals surface area contributed by atoms with Crippen molar-refractivity contribution in [3.05, 3.63) is 94.5 Å². The predicted molar refractivity (Wildman–Crippen MR) is 118 cm³/mol. The maximum absolute atomic E-state index is 13.6. The van der Waals surface area contributed by atoms with Gasteiger partial charge in [0.15, 0.2) is 11.5 Å². The highest BCUT2D eigenvalue weighted by molar-refractivity contribution is 6.01. The van der Waals surface area contributed by atoms with Gasteiger partial charge in [-0.2, -0.15) is 0 Å². The summed E-state index contributed by atoms with van der Waals surface area (Å²) in [6, 6.07) is 21.0. The predicted octanol–water partition coefficient (Wildman–Crippen LogP) is 3.57. The third kappa shape index (κ3) is 2.94. The molecule has 2 atom stereocenters. The number of nitrogens with zero attached hydrogens (tertiary/aromatic N) is 1. The Morgan fingerprint density at radius 2 is 1.75 bits per heavy atom. The summed E-state index contributed by atoms with van der Waals surface area (Å²) >= 11 is 0. The fourth-order valence-corrected chi connectivity index (χ4v) is 5.11. The van der Waals surface area contributed by atoms with Crippen molar-refractivity contribution in [1.29, 1.82) is 0 Å². The molecule has 0 bridgehead atoms. The second-order valence-electron chi connectivity index (χ2n) is 8.36. The molecule has 0 aliphatic carbocycles. The number of amides is 2. The highest BCUT2D eigenvalue weighted by Gasteiger charge is 2.46. The van der Waals surface area contributed by atoms with Crippen molar-refractivity contribution in [3.8, 4) is 11.5 Å². The summed E-state index contributed by atoms with van der Waals surface area (Å²) in [7, 11) is 0. The molecular weight excluding hydrogens is 404 g/mol. The number of benzene rings is 3. The number of rotatable bonds is 3. The molecule has 3 aliphatic heterocycles. The summed E-state index contributed by atoms with van der Waals surface area (Å²) in [4.78, 5) is 28.8. The van der Waals surface area contributed by atoms with Gasteiger partial charge in [0.2, 0.25) is 12.7 Å². The van der Waals surface area contributed by atoms with Crippen molar-refractivity contribution in [2.75, 3.05) is 13.3 Å². The van der Waals surface area contributed by atoms with Crippen LogP contribution in [0.5, 0.6) is 11.5 Å². The molecule has 0 saturated carbocycles. The van der Waals surface area contributed by atoms with E-state index in [-0.39, 0.29) is 24.6 Å². The van der Waals surface area contributed by atoms with E-state index in [1.165, 1.54) is 5.56 Å². The number of nitrogens with one attached hydrogen (secondary N) is 1. The van der Waals surface area contributed by atoms with Crippen LogP contribution in [-0.2, 0) is 17.8 Å². The first-order chi connectivity index (χ1) is 15.7. The van der Waals surface area contributed by atoms with Crippen LogP contribution in [0.2, 0.25) is 0 Å². The lowest BCUT2D eigenvalue weighted by atomic mass is 9.76. The molecule has 6 rings (SSSR count). The van der Waals surface area contributed by atoms with E-state index in [0.29, 0.717) is 30.2 Å². The lowest BCUT2D eigenvalue weighted by molar-refractivity contribution is -0.124. The Morgan fingerprint density at radius 1 is 0.969 bits per heavy atom. The minimum absolute atomic E-state index is 0.0000704. The molecule has 0 saturated heterocycles. The SMILES string of the molecule is O=C(NCc1ccc2c(c1)OCO2)[C@H]1c2ccccc2C(=O)N2CCc3ccccc3[C@H]12. The average Bonchev–Trinajstić information content (AvgIpc) is 3.31. The minimum atomic E-state index is -0.473. The van der Waals surface area contributed by atoms with E-state index < -0.39 is 5.92 Å². The maximum atomic E-state index is 13.6. The molecule has 1 N–H and O–H groups in total. The van der Waals surface area contributed by atoms with Crippen molar-refractivity contribution in [2.45, 2.75) is 24.9 Å². The Hall–Kier alpha value is -3.80. The van der Waals surface area contributed by atoms with Gasteiger partial charge in [0.1, 0.15) is 0 Å². The van der Waals surface area contributed by atoms with Crippen LogP contribution >= 0.6 is 0 Å². The fourth-order valence-electron chi connectivity index (χ4n) is 5.11. The zero-order valence-electron chi connectivity index (χ0n) is 17.4. The highest BCUT2D eigenvalue weighted by atomic mass is 16.7.